The van der Waals surface area contributed by atoms with Gasteiger partial charge in [0, 0.05) is 19.3 Å². The third-order valence-electron chi connectivity index (χ3n) is 2.68. The van der Waals surface area contributed by atoms with E-state index in [-0.39, 0.29) is 18.1 Å². The summed E-state index contributed by atoms with van der Waals surface area (Å²) in [5.74, 6) is 0.0204. The van der Waals surface area contributed by atoms with Gasteiger partial charge in [0.05, 0.1) is 17.8 Å². The highest BCUT2D eigenvalue weighted by Gasteiger charge is 2.26. The Morgan fingerprint density at radius 3 is 2.59 bits per heavy atom. The van der Waals surface area contributed by atoms with Crippen LogP contribution < -0.4 is 0 Å². The van der Waals surface area contributed by atoms with Gasteiger partial charge in [-0.3, -0.25) is 4.79 Å². The first-order chi connectivity index (χ1) is 8.06. The lowest BCUT2D eigenvalue weighted by molar-refractivity contribution is -0.0586. The zero-order valence-corrected chi connectivity index (χ0v) is 11.5. The Balaban J connectivity index is 2.11. The molecule has 2 rings (SSSR count). The fourth-order valence-electron chi connectivity index (χ4n) is 2.03. The molecule has 5 heteroatoms. The van der Waals surface area contributed by atoms with Crippen LogP contribution in [0, 0.1) is 0 Å². The predicted octanol–water partition coefficient (Wildman–Crippen LogP) is 2.09. The Morgan fingerprint density at radius 2 is 2.06 bits per heavy atom. The summed E-state index contributed by atoms with van der Waals surface area (Å²) < 4.78 is 6.34. The predicted molar refractivity (Wildman–Crippen MR) is 67.8 cm³/mol. The first-order valence-corrected chi connectivity index (χ1v) is 6.42. The number of rotatable bonds is 1. The van der Waals surface area contributed by atoms with Crippen LogP contribution in [-0.4, -0.2) is 41.1 Å². The number of hydrogen-bond donors (Lipinski definition) is 0. The van der Waals surface area contributed by atoms with Crippen molar-refractivity contribution in [1.82, 2.24) is 9.88 Å². The molecule has 1 aliphatic rings. The van der Waals surface area contributed by atoms with Gasteiger partial charge in [-0.05, 0) is 41.9 Å². The monoisotopic (exact) mass is 298 g/mol. The number of pyridine rings is 1. The van der Waals surface area contributed by atoms with Gasteiger partial charge in [-0.1, -0.05) is 0 Å². The Hall–Kier alpha value is -0.940. The molecule has 1 saturated heterocycles. The summed E-state index contributed by atoms with van der Waals surface area (Å²) in [5.41, 5.74) is 0.620. The van der Waals surface area contributed by atoms with E-state index in [1.54, 1.807) is 18.3 Å². The Labute approximate surface area is 109 Å². The van der Waals surface area contributed by atoms with Crippen LogP contribution >= 0.6 is 15.9 Å². The van der Waals surface area contributed by atoms with Crippen molar-refractivity contribution >= 4 is 21.8 Å². The summed E-state index contributed by atoms with van der Waals surface area (Å²) in [4.78, 5) is 18.1. The molecule has 2 heterocycles. The molecule has 0 aromatic carbocycles. The van der Waals surface area contributed by atoms with E-state index in [1.807, 2.05) is 18.7 Å². The average Bonchev–Trinajstić information content (AvgIpc) is 2.28. The van der Waals surface area contributed by atoms with Crippen LogP contribution in [-0.2, 0) is 4.74 Å². The topological polar surface area (TPSA) is 42.4 Å². The van der Waals surface area contributed by atoms with Crippen molar-refractivity contribution in [2.24, 2.45) is 0 Å². The third kappa shape index (κ3) is 3.04. The molecule has 0 radical (unpaired) electrons. The molecule has 0 saturated carbocycles. The fourth-order valence-corrected chi connectivity index (χ4v) is 2.26. The van der Waals surface area contributed by atoms with Crippen LogP contribution in [0.2, 0.25) is 0 Å². The van der Waals surface area contributed by atoms with Crippen molar-refractivity contribution in [3.63, 3.8) is 0 Å². The number of carbonyl (C=O) groups is 1. The summed E-state index contributed by atoms with van der Waals surface area (Å²) in [6.07, 6.45) is 1.77. The van der Waals surface area contributed by atoms with E-state index in [0.717, 1.165) is 4.60 Å². The summed E-state index contributed by atoms with van der Waals surface area (Å²) in [7, 11) is 0. The lowest BCUT2D eigenvalue weighted by atomic mass is 10.2. The quantitative estimate of drug-likeness (QED) is 0.746. The molecule has 92 valence electrons. The van der Waals surface area contributed by atoms with Crippen LogP contribution in [0.25, 0.3) is 0 Å². The Bertz CT molecular complexity index is 397. The van der Waals surface area contributed by atoms with E-state index in [0.29, 0.717) is 18.7 Å². The normalized spacial score (nSPS) is 24.8. The summed E-state index contributed by atoms with van der Waals surface area (Å²) in [6.45, 7) is 5.24. The molecular formula is C12H15BrN2O2. The number of morpholine rings is 1. The van der Waals surface area contributed by atoms with Crippen molar-refractivity contribution in [1.29, 1.82) is 0 Å². The van der Waals surface area contributed by atoms with Crippen molar-refractivity contribution in [2.75, 3.05) is 13.1 Å². The number of halogens is 1. The molecule has 1 aliphatic heterocycles. The summed E-state index contributed by atoms with van der Waals surface area (Å²) in [6, 6.07) is 3.56. The molecule has 1 aromatic heterocycles. The van der Waals surface area contributed by atoms with Gasteiger partial charge in [0.25, 0.3) is 5.91 Å². The number of hydrogen-bond acceptors (Lipinski definition) is 3. The van der Waals surface area contributed by atoms with Crippen molar-refractivity contribution in [2.45, 2.75) is 26.1 Å². The second-order valence-corrected chi connectivity index (χ2v) is 5.15. The summed E-state index contributed by atoms with van der Waals surface area (Å²) >= 11 is 3.25. The highest BCUT2D eigenvalue weighted by atomic mass is 79.9. The van der Waals surface area contributed by atoms with E-state index < -0.39 is 0 Å². The van der Waals surface area contributed by atoms with E-state index >= 15 is 0 Å². The van der Waals surface area contributed by atoms with E-state index in [1.165, 1.54) is 0 Å². The molecule has 0 bridgehead atoms. The van der Waals surface area contributed by atoms with Gasteiger partial charge in [-0.2, -0.15) is 0 Å². The average molecular weight is 299 g/mol. The molecular weight excluding hydrogens is 284 g/mol. The van der Waals surface area contributed by atoms with Gasteiger partial charge >= 0.3 is 0 Å². The first kappa shape index (κ1) is 12.5. The maximum absolute atomic E-state index is 12.2. The molecule has 1 aromatic rings. The van der Waals surface area contributed by atoms with Gasteiger partial charge < -0.3 is 9.64 Å². The maximum Gasteiger partial charge on any atom is 0.255 e. The van der Waals surface area contributed by atoms with Gasteiger partial charge in [0.1, 0.15) is 4.60 Å². The number of carbonyl (C=O) groups excluding carboxylic acids is 1. The number of ether oxygens (including phenoxy) is 1. The minimum atomic E-state index is 0.0204. The summed E-state index contributed by atoms with van der Waals surface area (Å²) in [5, 5.41) is 0. The first-order valence-electron chi connectivity index (χ1n) is 5.62. The van der Waals surface area contributed by atoms with Crippen LogP contribution in [0.15, 0.2) is 22.9 Å². The molecule has 0 N–H and O–H groups in total. The molecule has 4 nitrogen and oxygen atoms in total. The van der Waals surface area contributed by atoms with Gasteiger partial charge in [0.2, 0.25) is 0 Å². The van der Waals surface area contributed by atoms with Crippen molar-refractivity contribution in [3.8, 4) is 0 Å². The molecule has 1 fully saturated rings. The van der Waals surface area contributed by atoms with Crippen LogP contribution in [0.5, 0.6) is 0 Å². The van der Waals surface area contributed by atoms with Crippen molar-refractivity contribution in [3.05, 3.63) is 28.5 Å². The minimum absolute atomic E-state index is 0.0204. The molecule has 1 amide bonds. The van der Waals surface area contributed by atoms with E-state index in [9.17, 15) is 4.79 Å². The molecule has 0 spiro atoms. The Morgan fingerprint density at radius 1 is 1.41 bits per heavy atom. The lowest BCUT2D eigenvalue weighted by Crippen LogP contribution is -2.48. The zero-order valence-electron chi connectivity index (χ0n) is 9.89. The Kier molecular flexibility index (Phi) is 3.79. The standard InChI is InChI=1S/C12H15BrN2O2/c1-8-6-15(7-9(2)17-8)12(16)10-3-4-11(13)14-5-10/h3-5,8-9H,6-7H2,1-2H3/t8-,9+. The van der Waals surface area contributed by atoms with Gasteiger partial charge in [-0.15, -0.1) is 0 Å². The number of nitrogens with zero attached hydrogens (tertiary/aromatic N) is 2. The molecule has 17 heavy (non-hydrogen) atoms. The number of aromatic nitrogens is 1. The van der Waals surface area contributed by atoms with Crippen LogP contribution in [0.3, 0.4) is 0 Å². The smallest absolute Gasteiger partial charge is 0.255 e. The second kappa shape index (κ2) is 5.14. The lowest BCUT2D eigenvalue weighted by Gasteiger charge is -2.35. The number of amides is 1. The largest absolute Gasteiger partial charge is 0.372 e. The molecule has 2 atom stereocenters. The SMILES string of the molecule is C[C@@H]1CN(C(=O)c2ccc(Br)nc2)C[C@H](C)O1. The molecule has 0 aliphatic carbocycles. The fraction of sp³-hybridized carbons (Fsp3) is 0.500. The van der Waals surface area contributed by atoms with E-state index in [4.69, 9.17) is 4.74 Å². The highest BCUT2D eigenvalue weighted by Crippen LogP contribution is 2.15. The van der Waals surface area contributed by atoms with Gasteiger partial charge in [-0.25, -0.2) is 4.98 Å². The van der Waals surface area contributed by atoms with Crippen LogP contribution in [0.1, 0.15) is 24.2 Å². The zero-order chi connectivity index (χ0) is 12.4. The van der Waals surface area contributed by atoms with Gasteiger partial charge in [0.15, 0.2) is 0 Å². The minimum Gasteiger partial charge on any atom is -0.372 e. The van der Waals surface area contributed by atoms with E-state index in [2.05, 4.69) is 20.9 Å². The molecule has 0 unspecified atom stereocenters. The third-order valence-corrected chi connectivity index (χ3v) is 3.15. The second-order valence-electron chi connectivity index (χ2n) is 4.34. The van der Waals surface area contributed by atoms with Crippen molar-refractivity contribution < 1.29 is 9.53 Å². The maximum atomic E-state index is 12.2. The highest BCUT2D eigenvalue weighted by molar-refractivity contribution is 9.10. The van der Waals surface area contributed by atoms with Crippen LogP contribution in [0.4, 0.5) is 0 Å².